The Balaban J connectivity index is 0.000000184. The first kappa shape index (κ1) is 29.1. The first-order valence-electron chi connectivity index (χ1n) is 12.0. The molecule has 0 radical (unpaired) electrons. The molecular formula is C32H20O8Zr. The first-order valence-corrected chi connectivity index (χ1v) is 12.0. The number of carboxylic acid groups (broad SMARTS) is 4. The van der Waals surface area contributed by atoms with Gasteiger partial charge in [0.2, 0.25) is 0 Å². The van der Waals surface area contributed by atoms with Crippen LogP contribution in [0.3, 0.4) is 0 Å². The van der Waals surface area contributed by atoms with Crippen molar-refractivity contribution in [3.8, 4) is 0 Å². The van der Waals surface area contributed by atoms with Crippen molar-refractivity contribution in [2.24, 2.45) is 0 Å². The maximum atomic E-state index is 11.2. The number of hydrogen-bond donors (Lipinski definition) is 4. The smallest absolute Gasteiger partial charge is 0.336 e. The summed E-state index contributed by atoms with van der Waals surface area (Å²) in [5, 5.41) is 43.3. The van der Waals surface area contributed by atoms with E-state index >= 15 is 0 Å². The molecule has 0 saturated carbocycles. The molecule has 6 aromatic rings. The fraction of sp³-hybridized carbons (Fsp3) is 0. The number of rotatable bonds is 4. The fourth-order valence-corrected chi connectivity index (χ4v) is 4.69. The SMILES string of the molecule is O=C(O)c1cc2cc3ccccc3cc2cc1C(=O)O.O=C(O)c1cc2cc3ccccc3cc2cc1C(=O)O.[Zr]. The van der Waals surface area contributed by atoms with Gasteiger partial charge in [-0.15, -0.1) is 0 Å². The molecule has 0 heterocycles. The Hall–Kier alpha value is -4.88. The number of carbonyl (C=O) groups is 4. The van der Waals surface area contributed by atoms with Gasteiger partial charge in [-0.05, 0) is 91.6 Å². The van der Waals surface area contributed by atoms with Gasteiger partial charge in [0, 0.05) is 26.2 Å². The van der Waals surface area contributed by atoms with E-state index in [1.165, 1.54) is 24.3 Å². The Morgan fingerprint density at radius 3 is 0.707 bits per heavy atom. The van der Waals surface area contributed by atoms with Gasteiger partial charge < -0.3 is 20.4 Å². The van der Waals surface area contributed by atoms with Crippen molar-refractivity contribution in [2.75, 3.05) is 0 Å². The molecule has 0 spiro atoms. The van der Waals surface area contributed by atoms with Crippen LogP contribution in [0.15, 0.2) is 97.1 Å². The molecule has 0 unspecified atom stereocenters. The second-order valence-electron chi connectivity index (χ2n) is 9.11. The number of aromatic carboxylic acids is 4. The Kier molecular flexibility index (Phi) is 8.31. The Labute approximate surface area is 251 Å². The van der Waals surface area contributed by atoms with Gasteiger partial charge in [-0.25, -0.2) is 19.2 Å². The second kappa shape index (κ2) is 11.7. The summed E-state index contributed by atoms with van der Waals surface area (Å²) in [4.78, 5) is 44.7. The van der Waals surface area contributed by atoms with Gasteiger partial charge in [-0.3, -0.25) is 0 Å². The van der Waals surface area contributed by atoms with Crippen molar-refractivity contribution < 1.29 is 65.8 Å². The quantitative estimate of drug-likeness (QED) is 0.157. The monoisotopic (exact) mass is 622 g/mol. The minimum Gasteiger partial charge on any atom is -0.478 e. The van der Waals surface area contributed by atoms with Crippen molar-refractivity contribution in [3.63, 3.8) is 0 Å². The van der Waals surface area contributed by atoms with Crippen LogP contribution < -0.4 is 0 Å². The van der Waals surface area contributed by atoms with Gasteiger partial charge in [0.1, 0.15) is 0 Å². The van der Waals surface area contributed by atoms with Crippen molar-refractivity contribution >= 4 is 67.0 Å². The van der Waals surface area contributed by atoms with Crippen LogP contribution in [0.4, 0.5) is 0 Å². The number of fused-ring (bicyclic) bond motifs is 4. The molecule has 0 fully saturated rings. The molecule has 4 N–H and O–H groups in total. The third-order valence-corrected chi connectivity index (χ3v) is 6.60. The van der Waals surface area contributed by atoms with Crippen molar-refractivity contribution in [1.82, 2.24) is 0 Å². The van der Waals surface area contributed by atoms with E-state index in [9.17, 15) is 19.2 Å². The fourth-order valence-electron chi connectivity index (χ4n) is 4.69. The van der Waals surface area contributed by atoms with E-state index in [1.54, 1.807) is 0 Å². The molecule has 0 atom stereocenters. The third-order valence-electron chi connectivity index (χ3n) is 6.60. The molecule has 0 amide bonds. The van der Waals surface area contributed by atoms with E-state index in [0.29, 0.717) is 21.5 Å². The maximum absolute atomic E-state index is 11.2. The summed E-state index contributed by atoms with van der Waals surface area (Å²) in [5.41, 5.74) is -0.777. The average Bonchev–Trinajstić information content (AvgIpc) is 2.93. The van der Waals surface area contributed by atoms with Gasteiger partial charge in [-0.1, -0.05) is 48.5 Å². The predicted octanol–water partition coefficient (Wildman–Crippen LogP) is 6.78. The van der Waals surface area contributed by atoms with E-state index in [-0.39, 0.29) is 48.5 Å². The molecule has 9 heteroatoms. The van der Waals surface area contributed by atoms with Crippen molar-refractivity contribution in [1.29, 1.82) is 0 Å². The zero-order chi connectivity index (χ0) is 28.6. The standard InChI is InChI=1S/2C16H10O4.Zr/c2*17-15(18)13-7-11-5-9-3-1-2-4-10(9)6-12(11)8-14(13)16(19)20;/h2*1-8H,(H,17,18)(H,19,20);. The first-order chi connectivity index (χ1) is 19.1. The van der Waals surface area contributed by atoms with Gasteiger partial charge >= 0.3 is 23.9 Å². The van der Waals surface area contributed by atoms with Gasteiger partial charge in [0.25, 0.3) is 0 Å². The molecule has 8 nitrogen and oxygen atoms in total. The van der Waals surface area contributed by atoms with E-state index in [0.717, 1.165) is 21.5 Å². The predicted molar refractivity (Wildman–Crippen MR) is 151 cm³/mol. The summed E-state index contributed by atoms with van der Waals surface area (Å²) in [5.74, 6) is -4.95. The Morgan fingerprint density at radius 1 is 0.341 bits per heavy atom. The number of carboxylic acids is 4. The normalized spacial score (nSPS) is 10.5. The molecule has 41 heavy (non-hydrogen) atoms. The maximum Gasteiger partial charge on any atom is 0.336 e. The minimum absolute atomic E-state index is 0. The number of hydrogen-bond acceptors (Lipinski definition) is 4. The van der Waals surface area contributed by atoms with Crippen LogP contribution in [-0.2, 0) is 26.2 Å². The summed E-state index contributed by atoms with van der Waals surface area (Å²) in [7, 11) is 0. The summed E-state index contributed by atoms with van der Waals surface area (Å²) in [6.07, 6.45) is 0. The molecule has 6 rings (SSSR count). The summed E-state index contributed by atoms with van der Waals surface area (Å²) < 4.78 is 0. The van der Waals surface area contributed by atoms with Gasteiger partial charge in [-0.2, -0.15) is 0 Å². The second-order valence-corrected chi connectivity index (χ2v) is 9.11. The molecule has 0 saturated heterocycles. The van der Waals surface area contributed by atoms with E-state index < -0.39 is 23.9 Å². The molecule has 0 aliphatic heterocycles. The Bertz CT molecular complexity index is 1740. The molecule has 200 valence electrons. The zero-order valence-corrected chi connectivity index (χ0v) is 23.6. The Morgan fingerprint density at radius 2 is 0.537 bits per heavy atom. The van der Waals surface area contributed by atoms with Crippen molar-refractivity contribution in [3.05, 3.63) is 119 Å². The molecule has 0 bridgehead atoms. The van der Waals surface area contributed by atoms with Crippen LogP contribution in [0.2, 0.25) is 0 Å². The van der Waals surface area contributed by atoms with Crippen LogP contribution in [-0.4, -0.2) is 44.3 Å². The van der Waals surface area contributed by atoms with Gasteiger partial charge in [0.15, 0.2) is 0 Å². The average molecular weight is 624 g/mol. The van der Waals surface area contributed by atoms with E-state index in [2.05, 4.69) is 0 Å². The van der Waals surface area contributed by atoms with Crippen LogP contribution >= 0.6 is 0 Å². The number of benzene rings is 6. The topological polar surface area (TPSA) is 149 Å². The molecule has 0 aromatic heterocycles. The molecular weight excluding hydrogens is 604 g/mol. The largest absolute Gasteiger partial charge is 0.478 e. The molecule has 0 aliphatic rings. The van der Waals surface area contributed by atoms with Crippen LogP contribution in [0.5, 0.6) is 0 Å². The molecule has 0 aliphatic carbocycles. The summed E-state index contributed by atoms with van der Waals surface area (Å²) >= 11 is 0. The van der Waals surface area contributed by atoms with Crippen LogP contribution in [0.1, 0.15) is 41.4 Å². The van der Waals surface area contributed by atoms with E-state index in [4.69, 9.17) is 20.4 Å². The molecule has 6 aromatic carbocycles. The van der Waals surface area contributed by atoms with Crippen molar-refractivity contribution in [2.45, 2.75) is 0 Å². The van der Waals surface area contributed by atoms with E-state index in [1.807, 2.05) is 72.8 Å². The summed E-state index contributed by atoms with van der Waals surface area (Å²) in [6.45, 7) is 0. The van der Waals surface area contributed by atoms with Crippen LogP contribution in [0.25, 0.3) is 43.1 Å². The minimum atomic E-state index is -1.24. The zero-order valence-electron chi connectivity index (χ0n) is 21.2. The van der Waals surface area contributed by atoms with Gasteiger partial charge in [0.05, 0.1) is 22.3 Å². The van der Waals surface area contributed by atoms with Crippen LogP contribution in [0, 0.1) is 0 Å². The summed E-state index contributed by atoms with van der Waals surface area (Å²) in [6, 6.07) is 28.4. The third kappa shape index (κ3) is 5.86.